The van der Waals surface area contributed by atoms with E-state index in [4.69, 9.17) is 5.73 Å². The van der Waals surface area contributed by atoms with Crippen LogP contribution in [0.15, 0.2) is 24.3 Å². The Hall–Kier alpha value is -0.870. The Labute approximate surface area is 116 Å². The molecule has 2 unspecified atom stereocenters. The molecule has 0 fully saturated rings. The zero-order valence-electron chi connectivity index (χ0n) is 11.7. The standard InChI is InChI=1S/C15H23NO2S/c1-11(2)9-10-19(17,18)14-8-7-12-5-3-4-6-13(12)15(14)16/h3-6,11,14-15H,7-10,16H2,1-2H3. The number of sulfone groups is 1. The quantitative estimate of drug-likeness (QED) is 0.922. The molecule has 3 nitrogen and oxygen atoms in total. The van der Waals surface area contributed by atoms with E-state index in [0.29, 0.717) is 18.8 Å². The lowest BCUT2D eigenvalue weighted by Gasteiger charge is -2.30. The number of rotatable bonds is 4. The van der Waals surface area contributed by atoms with Crippen LogP contribution in [0.2, 0.25) is 0 Å². The maximum absolute atomic E-state index is 12.4. The summed E-state index contributed by atoms with van der Waals surface area (Å²) in [5, 5.41) is -0.416. The normalized spacial score (nSPS) is 23.4. The van der Waals surface area contributed by atoms with E-state index in [2.05, 4.69) is 0 Å². The zero-order valence-corrected chi connectivity index (χ0v) is 12.5. The van der Waals surface area contributed by atoms with Crippen molar-refractivity contribution in [3.8, 4) is 0 Å². The maximum Gasteiger partial charge on any atom is 0.155 e. The predicted octanol–water partition coefficient (Wildman–Crippen LogP) is 2.46. The van der Waals surface area contributed by atoms with E-state index in [1.54, 1.807) is 0 Å². The molecule has 0 amide bonds. The molecule has 1 aliphatic rings. The summed E-state index contributed by atoms with van der Waals surface area (Å²) in [5.41, 5.74) is 8.41. The van der Waals surface area contributed by atoms with Gasteiger partial charge in [0, 0.05) is 6.04 Å². The van der Waals surface area contributed by atoms with Crippen LogP contribution in [0.5, 0.6) is 0 Å². The fourth-order valence-corrected chi connectivity index (χ4v) is 4.89. The SMILES string of the molecule is CC(C)CCS(=O)(=O)C1CCc2ccccc2C1N. The summed E-state index contributed by atoms with van der Waals surface area (Å²) >= 11 is 0. The second-order valence-electron chi connectivity index (χ2n) is 5.85. The molecule has 0 radical (unpaired) electrons. The number of aryl methyl sites for hydroxylation is 1. The van der Waals surface area contributed by atoms with Crippen LogP contribution < -0.4 is 5.73 Å². The van der Waals surface area contributed by atoms with Gasteiger partial charge in [0.2, 0.25) is 0 Å². The summed E-state index contributed by atoms with van der Waals surface area (Å²) in [5.74, 6) is 0.660. The average Bonchev–Trinajstić information content (AvgIpc) is 2.37. The number of hydrogen-bond acceptors (Lipinski definition) is 3. The van der Waals surface area contributed by atoms with Gasteiger partial charge in [-0.3, -0.25) is 0 Å². The lowest BCUT2D eigenvalue weighted by Crippen LogP contribution is -2.39. The van der Waals surface area contributed by atoms with Crippen LogP contribution in [0.1, 0.15) is 43.9 Å². The Bertz CT molecular complexity index is 537. The molecule has 0 saturated heterocycles. The van der Waals surface area contributed by atoms with Gasteiger partial charge in [0.1, 0.15) is 0 Å². The van der Waals surface area contributed by atoms with Crippen molar-refractivity contribution in [2.45, 2.75) is 44.4 Å². The van der Waals surface area contributed by atoms with Gasteiger partial charge >= 0.3 is 0 Å². The topological polar surface area (TPSA) is 60.2 Å². The molecule has 19 heavy (non-hydrogen) atoms. The van der Waals surface area contributed by atoms with Crippen molar-refractivity contribution >= 4 is 9.84 Å². The van der Waals surface area contributed by atoms with Gasteiger partial charge in [-0.1, -0.05) is 38.1 Å². The summed E-state index contributed by atoms with van der Waals surface area (Å²) in [6.45, 7) is 4.09. The van der Waals surface area contributed by atoms with Gasteiger partial charge in [-0.25, -0.2) is 8.42 Å². The second-order valence-corrected chi connectivity index (χ2v) is 8.19. The fourth-order valence-electron chi connectivity index (χ4n) is 2.72. The average molecular weight is 281 g/mol. The van der Waals surface area contributed by atoms with Gasteiger partial charge in [-0.15, -0.1) is 0 Å². The van der Waals surface area contributed by atoms with E-state index >= 15 is 0 Å². The van der Waals surface area contributed by atoms with Gasteiger partial charge in [-0.2, -0.15) is 0 Å². The van der Waals surface area contributed by atoms with E-state index in [9.17, 15) is 8.42 Å². The first-order chi connectivity index (χ1) is 8.92. The predicted molar refractivity (Wildman–Crippen MR) is 78.7 cm³/mol. The third kappa shape index (κ3) is 3.18. The minimum Gasteiger partial charge on any atom is -0.323 e. The summed E-state index contributed by atoms with van der Waals surface area (Å²) in [6.07, 6.45) is 2.18. The van der Waals surface area contributed by atoms with Crippen LogP contribution in [-0.4, -0.2) is 19.4 Å². The fraction of sp³-hybridized carbons (Fsp3) is 0.600. The van der Waals surface area contributed by atoms with E-state index < -0.39 is 15.1 Å². The van der Waals surface area contributed by atoms with Crippen molar-refractivity contribution in [1.82, 2.24) is 0 Å². The van der Waals surface area contributed by atoms with E-state index in [-0.39, 0.29) is 11.8 Å². The molecule has 0 aliphatic heterocycles. The lowest BCUT2D eigenvalue weighted by molar-refractivity contribution is 0.513. The van der Waals surface area contributed by atoms with Crippen molar-refractivity contribution < 1.29 is 8.42 Å². The highest BCUT2D eigenvalue weighted by atomic mass is 32.2. The van der Waals surface area contributed by atoms with E-state index in [1.807, 2.05) is 38.1 Å². The molecule has 106 valence electrons. The van der Waals surface area contributed by atoms with E-state index in [1.165, 1.54) is 5.56 Å². The van der Waals surface area contributed by atoms with Crippen LogP contribution in [0.4, 0.5) is 0 Å². The summed E-state index contributed by atoms with van der Waals surface area (Å²) < 4.78 is 24.9. The highest BCUT2D eigenvalue weighted by Crippen LogP contribution is 2.32. The molecule has 0 bridgehead atoms. The molecule has 4 heteroatoms. The molecule has 1 aromatic rings. The number of hydrogen-bond donors (Lipinski definition) is 1. The molecular weight excluding hydrogens is 258 g/mol. The molecule has 0 saturated carbocycles. The Morgan fingerprint density at radius 3 is 2.68 bits per heavy atom. The third-order valence-electron chi connectivity index (χ3n) is 3.95. The summed E-state index contributed by atoms with van der Waals surface area (Å²) in [6, 6.07) is 7.55. The molecular formula is C15H23NO2S. The largest absolute Gasteiger partial charge is 0.323 e. The number of fused-ring (bicyclic) bond motifs is 1. The first kappa shape index (κ1) is 14.5. The smallest absolute Gasteiger partial charge is 0.155 e. The van der Waals surface area contributed by atoms with Crippen LogP contribution >= 0.6 is 0 Å². The van der Waals surface area contributed by atoms with Crippen LogP contribution in [0.25, 0.3) is 0 Å². The number of nitrogens with two attached hydrogens (primary N) is 1. The number of benzene rings is 1. The van der Waals surface area contributed by atoms with Gasteiger partial charge in [0.15, 0.2) is 9.84 Å². The summed E-state index contributed by atoms with van der Waals surface area (Å²) in [7, 11) is -3.10. The van der Waals surface area contributed by atoms with Gasteiger partial charge < -0.3 is 5.73 Å². The molecule has 0 aromatic heterocycles. The molecule has 2 rings (SSSR count). The minimum atomic E-state index is -3.10. The van der Waals surface area contributed by atoms with Gasteiger partial charge in [0.25, 0.3) is 0 Å². The van der Waals surface area contributed by atoms with Gasteiger partial charge in [-0.05, 0) is 36.3 Å². The van der Waals surface area contributed by atoms with Crippen molar-refractivity contribution in [1.29, 1.82) is 0 Å². The maximum atomic E-state index is 12.4. The van der Waals surface area contributed by atoms with Crippen molar-refractivity contribution in [2.24, 2.45) is 11.7 Å². The zero-order chi connectivity index (χ0) is 14.0. The van der Waals surface area contributed by atoms with Crippen molar-refractivity contribution in [2.75, 3.05) is 5.75 Å². The van der Waals surface area contributed by atoms with Crippen LogP contribution in [-0.2, 0) is 16.3 Å². The first-order valence-corrected chi connectivity index (χ1v) is 8.68. The third-order valence-corrected chi connectivity index (χ3v) is 6.21. The second kappa shape index (κ2) is 5.63. The Morgan fingerprint density at radius 1 is 1.32 bits per heavy atom. The Morgan fingerprint density at radius 2 is 2.00 bits per heavy atom. The molecule has 0 heterocycles. The van der Waals surface area contributed by atoms with E-state index in [0.717, 1.165) is 12.0 Å². The Balaban J connectivity index is 2.20. The molecule has 2 atom stereocenters. The van der Waals surface area contributed by atoms with Gasteiger partial charge in [0.05, 0.1) is 11.0 Å². The summed E-state index contributed by atoms with van der Waals surface area (Å²) in [4.78, 5) is 0. The molecule has 0 spiro atoms. The van der Waals surface area contributed by atoms with Crippen LogP contribution in [0, 0.1) is 5.92 Å². The lowest BCUT2D eigenvalue weighted by atomic mass is 9.88. The molecule has 1 aromatic carbocycles. The highest BCUT2D eigenvalue weighted by Gasteiger charge is 2.35. The van der Waals surface area contributed by atoms with Crippen LogP contribution in [0.3, 0.4) is 0 Å². The molecule has 1 aliphatic carbocycles. The van der Waals surface area contributed by atoms with Crippen molar-refractivity contribution in [3.05, 3.63) is 35.4 Å². The van der Waals surface area contributed by atoms with Crippen molar-refractivity contribution in [3.63, 3.8) is 0 Å². The Kier molecular flexibility index (Phi) is 4.31. The minimum absolute atomic E-state index is 0.255. The first-order valence-electron chi connectivity index (χ1n) is 6.97. The highest BCUT2D eigenvalue weighted by molar-refractivity contribution is 7.92. The monoisotopic (exact) mass is 281 g/mol. The molecule has 2 N–H and O–H groups in total.